The first kappa shape index (κ1) is 13.3. The van der Waals surface area contributed by atoms with Crippen LogP contribution in [0.4, 0.5) is 0 Å². The number of carbonyl (C=O) groups is 1. The zero-order chi connectivity index (χ0) is 12.8. The van der Waals surface area contributed by atoms with Gasteiger partial charge in [0.2, 0.25) is 5.91 Å². The van der Waals surface area contributed by atoms with Crippen LogP contribution >= 0.6 is 11.6 Å². The zero-order valence-corrected chi connectivity index (χ0v) is 10.9. The molecule has 0 saturated carbocycles. The molecule has 1 amide bonds. The van der Waals surface area contributed by atoms with Crippen LogP contribution in [0.5, 0.6) is 0 Å². The fourth-order valence-electron chi connectivity index (χ4n) is 1.87. The van der Waals surface area contributed by atoms with Crippen LogP contribution in [0, 0.1) is 0 Å². The number of ether oxygens (including phenoxy) is 1. The Hall–Kier alpha value is -1.10. The SMILES string of the molecule is O=C(Cc1ccccc1Cl)NCC1COCCN1. The number of rotatable bonds is 4. The van der Waals surface area contributed by atoms with E-state index in [1.54, 1.807) is 6.07 Å². The molecule has 5 heteroatoms. The molecule has 1 aliphatic heterocycles. The van der Waals surface area contributed by atoms with Crippen molar-refractivity contribution in [3.63, 3.8) is 0 Å². The van der Waals surface area contributed by atoms with Gasteiger partial charge in [0.1, 0.15) is 0 Å². The van der Waals surface area contributed by atoms with E-state index in [1.807, 2.05) is 18.2 Å². The van der Waals surface area contributed by atoms with Gasteiger partial charge in [0.25, 0.3) is 0 Å². The van der Waals surface area contributed by atoms with Crippen LogP contribution < -0.4 is 10.6 Å². The van der Waals surface area contributed by atoms with Gasteiger partial charge in [-0.2, -0.15) is 0 Å². The molecule has 2 rings (SSSR count). The molecule has 4 nitrogen and oxygen atoms in total. The van der Waals surface area contributed by atoms with Crippen LogP contribution in [0.2, 0.25) is 5.02 Å². The number of carbonyl (C=O) groups excluding carboxylic acids is 1. The van der Waals surface area contributed by atoms with Crippen LogP contribution in [0.15, 0.2) is 24.3 Å². The second kappa shape index (κ2) is 6.73. The van der Waals surface area contributed by atoms with E-state index in [9.17, 15) is 4.79 Å². The molecule has 1 atom stereocenters. The maximum absolute atomic E-state index is 11.8. The molecule has 0 radical (unpaired) electrons. The molecule has 1 heterocycles. The van der Waals surface area contributed by atoms with Gasteiger partial charge in [0.05, 0.1) is 19.6 Å². The van der Waals surface area contributed by atoms with Crippen molar-refractivity contribution in [2.24, 2.45) is 0 Å². The van der Waals surface area contributed by atoms with E-state index in [2.05, 4.69) is 10.6 Å². The van der Waals surface area contributed by atoms with Crippen molar-refractivity contribution in [1.29, 1.82) is 0 Å². The minimum absolute atomic E-state index is 0.0181. The second-order valence-electron chi connectivity index (χ2n) is 4.30. The van der Waals surface area contributed by atoms with Crippen molar-refractivity contribution < 1.29 is 9.53 Å². The quantitative estimate of drug-likeness (QED) is 0.856. The molecule has 1 aromatic rings. The van der Waals surface area contributed by atoms with Crippen molar-refractivity contribution >= 4 is 17.5 Å². The van der Waals surface area contributed by atoms with Crippen LogP contribution in [-0.4, -0.2) is 38.3 Å². The molecular weight excluding hydrogens is 252 g/mol. The summed E-state index contributed by atoms with van der Waals surface area (Å²) in [5, 5.41) is 6.80. The summed E-state index contributed by atoms with van der Waals surface area (Å²) in [6, 6.07) is 7.59. The molecule has 1 fully saturated rings. The number of nitrogens with one attached hydrogen (secondary N) is 2. The summed E-state index contributed by atoms with van der Waals surface area (Å²) < 4.78 is 5.32. The minimum atomic E-state index is -0.0181. The van der Waals surface area contributed by atoms with Crippen LogP contribution in [0.1, 0.15) is 5.56 Å². The second-order valence-corrected chi connectivity index (χ2v) is 4.71. The molecule has 1 aromatic carbocycles. The Morgan fingerprint density at radius 3 is 3.06 bits per heavy atom. The summed E-state index contributed by atoms with van der Waals surface area (Å²) in [7, 11) is 0. The first-order valence-corrected chi connectivity index (χ1v) is 6.45. The monoisotopic (exact) mass is 268 g/mol. The lowest BCUT2D eigenvalue weighted by molar-refractivity contribution is -0.120. The lowest BCUT2D eigenvalue weighted by Crippen LogP contribution is -2.48. The molecule has 0 spiro atoms. The van der Waals surface area contributed by atoms with E-state index in [-0.39, 0.29) is 11.9 Å². The van der Waals surface area contributed by atoms with Gasteiger partial charge in [0.15, 0.2) is 0 Å². The number of benzene rings is 1. The predicted octanol–water partition coefficient (Wildman–Crippen LogP) is 0.987. The molecule has 1 aliphatic rings. The lowest BCUT2D eigenvalue weighted by atomic mass is 10.1. The van der Waals surface area contributed by atoms with Crippen molar-refractivity contribution in [3.8, 4) is 0 Å². The van der Waals surface area contributed by atoms with Crippen LogP contribution in [0.25, 0.3) is 0 Å². The van der Waals surface area contributed by atoms with Gasteiger partial charge in [-0.05, 0) is 11.6 Å². The Morgan fingerprint density at radius 2 is 2.33 bits per heavy atom. The van der Waals surface area contributed by atoms with Gasteiger partial charge in [-0.15, -0.1) is 0 Å². The third kappa shape index (κ3) is 3.98. The van der Waals surface area contributed by atoms with E-state index in [4.69, 9.17) is 16.3 Å². The highest BCUT2D eigenvalue weighted by Gasteiger charge is 2.14. The van der Waals surface area contributed by atoms with E-state index in [0.29, 0.717) is 24.6 Å². The number of hydrogen-bond acceptors (Lipinski definition) is 3. The van der Waals surface area contributed by atoms with Gasteiger partial charge in [0, 0.05) is 24.2 Å². The Labute approximate surface area is 112 Å². The largest absolute Gasteiger partial charge is 0.378 e. The highest BCUT2D eigenvalue weighted by molar-refractivity contribution is 6.31. The molecule has 0 aromatic heterocycles. The smallest absolute Gasteiger partial charge is 0.224 e. The molecule has 2 N–H and O–H groups in total. The topological polar surface area (TPSA) is 50.4 Å². The summed E-state index contributed by atoms with van der Waals surface area (Å²) in [6.07, 6.45) is 0.313. The number of halogens is 1. The maximum atomic E-state index is 11.8. The Bertz CT molecular complexity index is 406. The first-order chi connectivity index (χ1) is 8.75. The fraction of sp³-hybridized carbons (Fsp3) is 0.462. The van der Waals surface area contributed by atoms with E-state index in [0.717, 1.165) is 18.7 Å². The van der Waals surface area contributed by atoms with Crippen molar-refractivity contribution in [2.75, 3.05) is 26.3 Å². The Morgan fingerprint density at radius 1 is 1.50 bits per heavy atom. The summed E-state index contributed by atoms with van der Waals surface area (Å²) in [4.78, 5) is 11.8. The van der Waals surface area contributed by atoms with Gasteiger partial charge in [-0.3, -0.25) is 4.79 Å². The Kier molecular flexibility index (Phi) is 4.99. The first-order valence-electron chi connectivity index (χ1n) is 6.07. The standard InChI is InChI=1S/C13H17ClN2O2/c14-12-4-2-1-3-10(12)7-13(17)16-8-11-9-18-6-5-15-11/h1-4,11,15H,5-9H2,(H,16,17). The highest BCUT2D eigenvalue weighted by atomic mass is 35.5. The molecular formula is C13H17ClN2O2. The summed E-state index contributed by atoms with van der Waals surface area (Å²) in [5.41, 5.74) is 0.851. The highest BCUT2D eigenvalue weighted by Crippen LogP contribution is 2.15. The number of morpholine rings is 1. The molecule has 0 aliphatic carbocycles. The average Bonchev–Trinajstić information content (AvgIpc) is 2.40. The molecule has 18 heavy (non-hydrogen) atoms. The third-order valence-corrected chi connectivity index (χ3v) is 3.22. The van der Waals surface area contributed by atoms with Gasteiger partial charge < -0.3 is 15.4 Å². The zero-order valence-electron chi connectivity index (χ0n) is 10.1. The van der Waals surface area contributed by atoms with Gasteiger partial charge in [-0.25, -0.2) is 0 Å². The predicted molar refractivity (Wildman–Crippen MR) is 70.8 cm³/mol. The lowest BCUT2D eigenvalue weighted by Gasteiger charge is -2.23. The normalized spacial score (nSPS) is 19.5. The van der Waals surface area contributed by atoms with Gasteiger partial charge >= 0.3 is 0 Å². The van der Waals surface area contributed by atoms with Gasteiger partial charge in [-0.1, -0.05) is 29.8 Å². The van der Waals surface area contributed by atoms with Crippen LogP contribution in [0.3, 0.4) is 0 Å². The number of hydrogen-bond donors (Lipinski definition) is 2. The van der Waals surface area contributed by atoms with Crippen molar-refractivity contribution in [1.82, 2.24) is 10.6 Å². The maximum Gasteiger partial charge on any atom is 0.224 e. The Balaban J connectivity index is 1.76. The van der Waals surface area contributed by atoms with E-state index >= 15 is 0 Å². The van der Waals surface area contributed by atoms with E-state index < -0.39 is 0 Å². The number of amides is 1. The molecule has 0 bridgehead atoms. The average molecular weight is 269 g/mol. The fourth-order valence-corrected chi connectivity index (χ4v) is 2.07. The summed E-state index contributed by atoms with van der Waals surface area (Å²) >= 11 is 6.00. The molecule has 1 unspecified atom stereocenters. The minimum Gasteiger partial charge on any atom is -0.378 e. The van der Waals surface area contributed by atoms with Crippen LogP contribution in [-0.2, 0) is 16.0 Å². The van der Waals surface area contributed by atoms with Crippen molar-refractivity contribution in [2.45, 2.75) is 12.5 Å². The molecule has 98 valence electrons. The van der Waals surface area contributed by atoms with Crippen molar-refractivity contribution in [3.05, 3.63) is 34.9 Å². The molecule has 1 saturated heterocycles. The third-order valence-electron chi connectivity index (χ3n) is 2.85. The van der Waals surface area contributed by atoms with E-state index in [1.165, 1.54) is 0 Å². The summed E-state index contributed by atoms with van der Waals surface area (Å²) in [5.74, 6) is -0.0181. The summed E-state index contributed by atoms with van der Waals surface area (Å²) in [6.45, 7) is 2.81.